The Bertz CT molecular complexity index is 739. The maximum absolute atomic E-state index is 3.88. The smallest absolute Gasteiger partial charge is 0.211 e. The number of rotatable bonds is 2. The normalized spacial score (nSPS) is 10.6. The van der Waals surface area contributed by atoms with Crippen LogP contribution in [0.3, 0.4) is 0 Å². The molecule has 0 radical (unpaired) electrons. The summed E-state index contributed by atoms with van der Waals surface area (Å²) < 4.78 is 0. The third-order valence-electron chi connectivity index (χ3n) is 3.45. The highest BCUT2D eigenvalue weighted by Gasteiger charge is 2.11. The lowest BCUT2D eigenvalue weighted by molar-refractivity contribution is -0.362. The van der Waals surface area contributed by atoms with Gasteiger partial charge in [0.05, 0.1) is 5.39 Å². The van der Waals surface area contributed by atoms with Crippen molar-refractivity contribution in [3.05, 3.63) is 72.4 Å². The average Bonchev–Trinajstić information content (AvgIpc) is 2.47. The van der Waals surface area contributed by atoms with Crippen molar-refractivity contribution in [3.8, 4) is 11.3 Å². The molecule has 0 atom stereocenters. The molecule has 0 saturated carbocycles. The van der Waals surface area contributed by atoms with Crippen molar-refractivity contribution in [2.75, 3.05) is 0 Å². The van der Waals surface area contributed by atoms with Crippen LogP contribution in [0, 0.1) is 6.92 Å². The zero-order valence-electron chi connectivity index (χ0n) is 11.0. The second-order valence-electron chi connectivity index (χ2n) is 4.73. The zero-order chi connectivity index (χ0) is 13.2. The number of hydrogen-bond acceptors (Lipinski definition) is 0. The first-order valence-corrected chi connectivity index (χ1v) is 6.42. The van der Waals surface area contributed by atoms with E-state index in [1.807, 2.05) is 12.3 Å². The summed E-state index contributed by atoms with van der Waals surface area (Å²) in [5.74, 6) is 0. The van der Waals surface area contributed by atoms with Crippen molar-refractivity contribution in [1.29, 1.82) is 0 Å². The molecule has 19 heavy (non-hydrogen) atoms. The van der Waals surface area contributed by atoms with Crippen LogP contribution in [0.1, 0.15) is 11.1 Å². The van der Waals surface area contributed by atoms with Crippen molar-refractivity contribution in [2.45, 2.75) is 6.92 Å². The van der Waals surface area contributed by atoms with E-state index in [9.17, 15) is 0 Å². The number of hydrogen-bond donors (Lipinski definition) is 0. The summed E-state index contributed by atoms with van der Waals surface area (Å²) in [6, 6.07) is 17.0. The molecule has 0 bridgehead atoms. The molecule has 0 aliphatic heterocycles. The van der Waals surface area contributed by atoms with Crippen LogP contribution in [0.2, 0.25) is 0 Å². The van der Waals surface area contributed by atoms with Gasteiger partial charge in [0, 0.05) is 17.0 Å². The van der Waals surface area contributed by atoms with E-state index in [1.165, 1.54) is 27.5 Å². The molecule has 2 aromatic carbocycles. The lowest BCUT2D eigenvalue weighted by atomic mass is 10.00. The Balaban J connectivity index is 2.30. The van der Waals surface area contributed by atoms with Gasteiger partial charge in [0.1, 0.15) is 0 Å². The van der Waals surface area contributed by atoms with Crippen LogP contribution < -0.4 is 4.98 Å². The van der Waals surface area contributed by atoms with E-state index < -0.39 is 0 Å². The van der Waals surface area contributed by atoms with Crippen LogP contribution in [0.4, 0.5) is 0 Å². The Hall–Kier alpha value is -2.41. The van der Waals surface area contributed by atoms with Gasteiger partial charge in [-0.3, -0.25) is 0 Å². The summed E-state index contributed by atoms with van der Waals surface area (Å²) in [5, 5.41) is 2.45. The molecule has 92 valence electrons. The molecular weight excluding hydrogens is 230 g/mol. The Kier molecular flexibility index (Phi) is 2.88. The molecule has 1 nitrogen and oxygen atoms in total. The van der Waals surface area contributed by atoms with Crippen molar-refractivity contribution < 1.29 is 4.98 Å². The van der Waals surface area contributed by atoms with Crippen LogP contribution in [-0.2, 0) is 0 Å². The molecule has 0 fully saturated rings. The van der Waals surface area contributed by atoms with Gasteiger partial charge in [-0.2, -0.15) is 0 Å². The highest BCUT2D eigenvalue weighted by Crippen LogP contribution is 2.27. The quantitative estimate of drug-likeness (QED) is 0.641. The highest BCUT2D eigenvalue weighted by atomic mass is 14.7. The monoisotopic (exact) mass is 246 g/mol. The molecule has 0 aliphatic rings. The molecular formula is C18H16N+. The van der Waals surface area contributed by atoms with E-state index in [1.54, 1.807) is 0 Å². The van der Waals surface area contributed by atoms with E-state index in [0.29, 0.717) is 0 Å². The molecule has 0 spiro atoms. The first kappa shape index (κ1) is 11.7. The molecule has 1 aromatic heterocycles. The number of H-pyrrole nitrogens is 1. The van der Waals surface area contributed by atoms with Crippen molar-refractivity contribution in [3.63, 3.8) is 0 Å². The van der Waals surface area contributed by atoms with E-state index >= 15 is 0 Å². The number of nitrogens with one attached hydrogen (secondary N) is 1. The average molecular weight is 246 g/mol. The van der Waals surface area contributed by atoms with E-state index in [2.05, 4.69) is 67.0 Å². The van der Waals surface area contributed by atoms with Gasteiger partial charge < -0.3 is 0 Å². The number of fused-ring (bicyclic) bond motifs is 1. The zero-order valence-corrected chi connectivity index (χ0v) is 11.0. The molecule has 1 heterocycles. The second kappa shape index (κ2) is 4.69. The third kappa shape index (κ3) is 2.04. The fourth-order valence-corrected chi connectivity index (χ4v) is 2.41. The summed E-state index contributed by atoms with van der Waals surface area (Å²) >= 11 is 0. The summed E-state index contributed by atoms with van der Waals surface area (Å²) in [6.07, 6.45) is 3.89. The van der Waals surface area contributed by atoms with Crippen LogP contribution in [0.25, 0.3) is 28.1 Å². The standard InChI is InChI=1S/C18H15N/c1-3-14-5-4-6-17-16(14)11-12-19-18(17)15-9-7-13(2)8-10-15/h3-12H,1H2,2H3/p+1. The Morgan fingerprint density at radius 1 is 0.947 bits per heavy atom. The molecule has 3 aromatic rings. The predicted molar refractivity (Wildman–Crippen MR) is 80.8 cm³/mol. The van der Waals surface area contributed by atoms with E-state index in [-0.39, 0.29) is 0 Å². The topological polar surface area (TPSA) is 14.1 Å². The first-order valence-electron chi connectivity index (χ1n) is 6.42. The van der Waals surface area contributed by atoms with Crippen molar-refractivity contribution >= 4 is 16.8 Å². The fraction of sp³-hybridized carbons (Fsp3) is 0.0556. The number of pyridine rings is 1. The van der Waals surface area contributed by atoms with E-state index in [4.69, 9.17) is 0 Å². The largest absolute Gasteiger partial charge is 0.218 e. The minimum absolute atomic E-state index is 1.15. The highest BCUT2D eigenvalue weighted by molar-refractivity contribution is 5.97. The summed E-state index contributed by atoms with van der Waals surface area (Å²) in [7, 11) is 0. The third-order valence-corrected chi connectivity index (χ3v) is 3.45. The van der Waals surface area contributed by atoms with Gasteiger partial charge in [0.15, 0.2) is 6.20 Å². The summed E-state index contributed by atoms with van der Waals surface area (Å²) in [4.78, 5) is 3.36. The van der Waals surface area contributed by atoms with Gasteiger partial charge in [-0.1, -0.05) is 42.5 Å². The Morgan fingerprint density at radius 3 is 2.47 bits per heavy atom. The number of aromatic nitrogens is 1. The predicted octanol–water partition coefficient (Wildman–Crippen LogP) is 4.27. The molecule has 0 unspecified atom stereocenters. The summed E-state index contributed by atoms with van der Waals surface area (Å²) in [6.45, 7) is 5.99. The number of aromatic amines is 1. The lowest BCUT2D eigenvalue weighted by Crippen LogP contribution is -2.06. The minimum atomic E-state index is 1.15. The van der Waals surface area contributed by atoms with Gasteiger partial charge in [-0.15, -0.1) is 0 Å². The first-order chi connectivity index (χ1) is 9.29. The van der Waals surface area contributed by atoms with Crippen LogP contribution in [0.5, 0.6) is 0 Å². The summed E-state index contributed by atoms with van der Waals surface area (Å²) in [5.41, 5.74) is 4.80. The molecule has 1 heteroatoms. The van der Waals surface area contributed by atoms with Crippen molar-refractivity contribution in [2.24, 2.45) is 0 Å². The van der Waals surface area contributed by atoms with E-state index in [0.717, 1.165) is 5.69 Å². The van der Waals surface area contributed by atoms with Gasteiger partial charge >= 0.3 is 0 Å². The van der Waals surface area contributed by atoms with Gasteiger partial charge in [0.25, 0.3) is 0 Å². The Morgan fingerprint density at radius 2 is 1.74 bits per heavy atom. The SMILES string of the molecule is C=Cc1cccc2c(-c3ccc(C)cc3)[nH+]ccc12. The van der Waals surface area contributed by atoms with Crippen LogP contribution in [0.15, 0.2) is 61.3 Å². The number of aryl methyl sites for hydroxylation is 1. The fourth-order valence-electron chi connectivity index (χ4n) is 2.41. The van der Waals surface area contributed by atoms with Gasteiger partial charge in [-0.05, 0) is 30.7 Å². The molecule has 0 amide bonds. The van der Waals surface area contributed by atoms with Crippen molar-refractivity contribution in [1.82, 2.24) is 0 Å². The van der Waals surface area contributed by atoms with Gasteiger partial charge in [0.2, 0.25) is 5.69 Å². The lowest BCUT2D eigenvalue weighted by Gasteiger charge is -2.04. The van der Waals surface area contributed by atoms with Crippen LogP contribution in [-0.4, -0.2) is 0 Å². The Labute approximate surface area is 113 Å². The number of benzene rings is 2. The molecule has 1 N–H and O–H groups in total. The van der Waals surface area contributed by atoms with Crippen LogP contribution >= 0.6 is 0 Å². The maximum Gasteiger partial charge on any atom is 0.218 e. The second-order valence-corrected chi connectivity index (χ2v) is 4.73. The minimum Gasteiger partial charge on any atom is -0.211 e. The van der Waals surface area contributed by atoms with Gasteiger partial charge in [-0.25, -0.2) is 4.98 Å². The molecule has 3 rings (SSSR count). The molecule has 0 saturated heterocycles. The maximum atomic E-state index is 3.88. The molecule has 0 aliphatic carbocycles.